The van der Waals surface area contributed by atoms with Crippen molar-refractivity contribution in [1.29, 1.82) is 0 Å². The van der Waals surface area contributed by atoms with Gasteiger partial charge in [-0.25, -0.2) is 4.98 Å². The number of thiazole rings is 1. The first kappa shape index (κ1) is 22.6. The van der Waals surface area contributed by atoms with Crippen molar-refractivity contribution in [3.8, 4) is 0 Å². The van der Waals surface area contributed by atoms with Gasteiger partial charge in [0.25, 0.3) is 0 Å². The molecule has 0 amide bonds. The smallest absolute Gasteiger partial charge is 0.191 e. The lowest BCUT2D eigenvalue weighted by Gasteiger charge is -2.19. The van der Waals surface area contributed by atoms with Gasteiger partial charge >= 0.3 is 0 Å². The van der Waals surface area contributed by atoms with E-state index >= 15 is 0 Å². The van der Waals surface area contributed by atoms with Crippen LogP contribution in [0.25, 0.3) is 0 Å². The van der Waals surface area contributed by atoms with Crippen LogP contribution in [0.2, 0.25) is 0 Å². The number of nitrogens with zero attached hydrogens (tertiary/aromatic N) is 2. The van der Waals surface area contributed by atoms with E-state index in [-0.39, 0.29) is 41.5 Å². The number of ether oxygens (including phenoxy) is 2. The number of nitrogens with one attached hydrogen (secondary N) is 2. The first-order chi connectivity index (χ1) is 11.4. The summed E-state index contributed by atoms with van der Waals surface area (Å²) >= 11 is 1.68. The van der Waals surface area contributed by atoms with E-state index in [1.807, 2.05) is 0 Å². The quantitative estimate of drug-likeness (QED) is 0.371. The van der Waals surface area contributed by atoms with Crippen LogP contribution in [0, 0.1) is 0 Å². The lowest BCUT2D eigenvalue weighted by Crippen LogP contribution is -2.44. The minimum Gasteiger partial charge on any atom is -0.379 e. The van der Waals surface area contributed by atoms with Crippen LogP contribution in [-0.2, 0) is 21.4 Å². The average Bonchev–Trinajstić information content (AvgIpc) is 3.19. The maximum Gasteiger partial charge on any atom is 0.191 e. The Morgan fingerprint density at radius 2 is 2.28 bits per heavy atom. The molecular weight excluding hydrogens is 451 g/mol. The number of halogens is 1. The van der Waals surface area contributed by atoms with Crippen LogP contribution in [0.4, 0.5) is 0 Å². The highest BCUT2D eigenvalue weighted by Crippen LogP contribution is 2.23. The third-order valence-corrected chi connectivity index (χ3v) is 4.65. The van der Waals surface area contributed by atoms with E-state index in [2.05, 4.69) is 48.7 Å². The standard InChI is InChI=1S/C17H30N4O2S.HI/c1-12(9-23-13-6-7-22-10-13)20-16(18-5)19-8-15-21-14(11-24-15)17(2,3)4;/h11-13H,6-10H2,1-5H3,(H2,18,19,20);1H. The molecule has 1 aliphatic heterocycles. The Bertz CT molecular complexity index is 539. The second-order valence-electron chi connectivity index (χ2n) is 7.17. The SMILES string of the molecule is CN=C(NCc1nc(C(C)(C)C)cs1)NC(C)COC1CCOC1.I. The van der Waals surface area contributed by atoms with Gasteiger partial charge in [0, 0.05) is 30.5 Å². The van der Waals surface area contributed by atoms with Gasteiger partial charge in [-0.3, -0.25) is 4.99 Å². The van der Waals surface area contributed by atoms with Gasteiger partial charge in [0.1, 0.15) is 5.01 Å². The van der Waals surface area contributed by atoms with Crippen LogP contribution in [0.3, 0.4) is 0 Å². The molecule has 0 saturated carbocycles. The molecule has 25 heavy (non-hydrogen) atoms. The van der Waals surface area contributed by atoms with Crippen LogP contribution in [-0.4, -0.2) is 50.0 Å². The van der Waals surface area contributed by atoms with Crippen molar-refractivity contribution >= 4 is 41.3 Å². The highest BCUT2D eigenvalue weighted by atomic mass is 127. The van der Waals surface area contributed by atoms with Crippen molar-refractivity contribution < 1.29 is 9.47 Å². The van der Waals surface area contributed by atoms with Gasteiger partial charge in [-0.15, -0.1) is 35.3 Å². The molecule has 1 aromatic rings. The van der Waals surface area contributed by atoms with Gasteiger partial charge < -0.3 is 20.1 Å². The van der Waals surface area contributed by atoms with E-state index in [1.54, 1.807) is 18.4 Å². The zero-order valence-electron chi connectivity index (χ0n) is 15.8. The molecule has 1 aromatic heterocycles. The molecule has 2 unspecified atom stereocenters. The van der Waals surface area contributed by atoms with Crippen LogP contribution >= 0.6 is 35.3 Å². The van der Waals surface area contributed by atoms with Crippen molar-refractivity contribution in [1.82, 2.24) is 15.6 Å². The Kier molecular flexibility index (Phi) is 9.61. The Morgan fingerprint density at radius 3 is 2.84 bits per heavy atom. The molecule has 1 fully saturated rings. The summed E-state index contributed by atoms with van der Waals surface area (Å²) < 4.78 is 11.2. The first-order valence-electron chi connectivity index (χ1n) is 8.50. The molecular formula is C17H31IN4O2S. The Balaban J connectivity index is 0.00000312. The topological polar surface area (TPSA) is 67.8 Å². The summed E-state index contributed by atoms with van der Waals surface area (Å²) in [5.74, 6) is 0.765. The molecule has 2 N–H and O–H groups in total. The second-order valence-corrected chi connectivity index (χ2v) is 8.11. The minimum atomic E-state index is 0. The second kappa shape index (κ2) is 10.6. The normalized spacial score (nSPS) is 19.4. The molecule has 2 rings (SSSR count). The van der Waals surface area contributed by atoms with Gasteiger partial charge in [-0.1, -0.05) is 20.8 Å². The number of guanidine groups is 1. The van der Waals surface area contributed by atoms with E-state index in [9.17, 15) is 0 Å². The molecule has 6 nitrogen and oxygen atoms in total. The molecule has 0 bridgehead atoms. The van der Waals surface area contributed by atoms with Gasteiger partial charge in [0.05, 0.1) is 31.6 Å². The van der Waals surface area contributed by atoms with Gasteiger partial charge in [-0.2, -0.15) is 0 Å². The Hall–Kier alpha value is -0.450. The first-order valence-corrected chi connectivity index (χ1v) is 9.38. The Morgan fingerprint density at radius 1 is 1.52 bits per heavy atom. The van der Waals surface area contributed by atoms with Crippen molar-refractivity contribution in [2.75, 3.05) is 26.9 Å². The van der Waals surface area contributed by atoms with E-state index in [4.69, 9.17) is 14.5 Å². The van der Waals surface area contributed by atoms with Crippen molar-refractivity contribution in [2.24, 2.45) is 4.99 Å². The highest BCUT2D eigenvalue weighted by molar-refractivity contribution is 14.0. The largest absolute Gasteiger partial charge is 0.379 e. The third-order valence-electron chi connectivity index (χ3n) is 3.80. The molecule has 144 valence electrons. The molecule has 2 heterocycles. The molecule has 0 aromatic carbocycles. The predicted octanol–water partition coefficient (Wildman–Crippen LogP) is 2.92. The Labute approximate surface area is 172 Å². The highest BCUT2D eigenvalue weighted by Gasteiger charge is 2.18. The predicted molar refractivity (Wildman–Crippen MR) is 114 cm³/mol. The van der Waals surface area contributed by atoms with Gasteiger partial charge in [0.2, 0.25) is 0 Å². The summed E-state index contributed by atoms with van der Waals surface area (Å²) in [5.41, 5.74) is 1.22. The summed E-state index contributed by atoms with van der Waals surface area (Å²) in [6.07, 6.45) is 1.22. The molecule has 0 radical (unpaired) electrons. The summed E-state index contributed by atoms with van der Waals surface area (Å²) in [4.78, 5) is 8.96. The summed E-state index contributed by atoms with van der Waals surface area (Å²) in [7, 11) is 1.77. The zero-order valence-corrected chi connectivity index (χ0v) is 18.9. The molecule has 1 aliphatic rings. The van der Waals surface area contributed by atoms with Crippen LogP contribution in [0.1, 0.15) is 44.8 Å². The maximum absolute atomic E-state index is 5.83. The van der Waals surface area contributed by atoms with Crippen molar-refractivity contribution in [2.45, 2.75) is 58.2 Å². The van der Waals surface area contributed by atoms with E-state index in [0.29, 0.717) is 19.8 Å². The molecule has 0 aliphatic carbocycles. The van der Waals surface area contributed by atoms with E-state index in [1.165, 1.54) is 0 Å². The lowest BCUT2D eigenvalue weighted by atomic mass is 9.93. The fourth-order valence-electron chi connectivity index (χ4n) is 2.29. The zero-order chi connectivity index (χ0) is 17.6. The monoisotopic (exact) mass is 482 g/mol. The minimum absolute atomic E-state index is 0. The lowest BCUT2D eigenvalue weighted by molar-refractivity contribution is 0.0347. The summed E-state index contributed by atoms with van der Waals surface area (Å²) in [6, 6.07) is 0.179. The van der Waals surface area contributed by atoms with Gasteiger partial charge in [0.15, 0.2) is 5.96 Å². The van der Waals surface area contributed by atoms with Crippen molar-refractivity contribution in [3.63, 3.8) is 0 Å². The van der Waals surface area contributed by atoms with Crippen molar-refractivity contribution in [3.05, 3.63) is 16.1 Å². The number of rotatable bonds is 6. The molecule has 0 spiro atoms. The van der Waals surface area contributed by atoms with E-state index in [0.717, 1.165) is 29.7 Å². The van der Waals surface area contributed by atoms with Crippen LogP contribution in [0.5, 0.6) is 0 Å². The van der Waals surface area contributed by atoms with E-state index < -0.39 is 0 Å². The number of aromatic nitrogens is 1. The van der Waals surface area contributed by atoms with Crippen LogP contribution < -0.4 is 10.6 Å². The number of hydrogen-bond acceptors (Lipinski definition) is 5. The molecule has 8 heteroatoms. The van der Waals surface area contributed by atoms with Gasteiger partial charge in [-0.05, 0) is 13.3 Å². The number of aliphatic imine (C=N–C) groups is 1. The molecule has 2 atom stereocenters. The molecule has 1 saturated heterocycles. The summed E-state index contributed by atoms with van der Waals surface area (Å²) in [5, 5.41) is 9.86. The fourth-order valence-corrected chi connectivity index (χ4v) is 3.25. The maximum atomic E-state index is 5.83. The fraction of sp³-hybridized carbons (Fsp3) is 0.765. The average molecular weight is 482 g/mol. The third kappa shape index (κ3) is 7.76. The summed E-state index contributed by atoms with van der Waals surface area (Å²) in [6.45, 7) is 11.4. The van der Waals surface area contributed by atoms with Crippen LogP contribution in [0.15, 0.2) is 10.4 Å². The number of hydrogen-bond donors (Lipinski definition) is 2.